The molecule has 86 valence electrons. The third kappa shape index (κ3) is 1.90. The topological polar surface area (TPSA) is 66.3 Å². The molecule has 0 aliphatic carbocycles. The van der Waals surface area contributed by atoms with E-state index in [0.717, 1.165) is 19.3 Å². The van der Waals surface area contributed by atoms with Crippen molar-refractivity contribution in [3.05, 3.63) is 18.0 Å². The Balaban J connectivity index is 2.20. The number of hydrogen-bond acceptors (Lipinski definition) is 5. The molecule has 0 radical (unpaired) electrons. The highest BCUT2D eigenvalue weighted by molar-refractivity contribution is 5.73. The minimum Gasteiger partial charge on any atom is -0.394 e. The molecule has 0 amide bonds. The van der Waals surface area contributed by atoms with Gasteiger partial charge in [0, 0.05) is 18.9 Å². The van der Waals surface area contributed by atoms with Crippen molar-refractivity contribution in [1.29, 1.82) is 0 Å². The van der Waals surface area contributed by atoms with Crippen molar-refractivity contribution < 1.29 is 9.90 Å². The molecule has 0 aromatic carbocycles. The molecule has 1 fully saturated rings. The molecule has 2 atom stereocenters. The Kier molecular flexibility index (Phi) is 3.14. The van der Waals surface area contributed by atoms with E-state index in [2.05, 4.69) is 16.9 Å². The van der Waals surface area contributed by atoms with E-state index >= 15 is 0 Å². The Morgan fingerprint density at radius 3 is 2.81 bits per heavy atom. The SMILES string of the molecule is CC1CCN(c2ncc(C=O)cn2)C1CO. The van der Waals surface area contributed by atoms with Crippen LogP contribution in [0.1, 0.15) is 23.7 Å². The molecule has 1 aliphatic heterocycles. The molecule has 1 aliphatic rings. The zero-order chi connectivity index (χ0) is 11.5. The standard InChI is InChI=1S/C11H15N3O2/c1-8-2-3-14(10(8)7-16)11-12-4-9(6-15)5-13-11/h4-6,8,10,16H,2-3,7H2,1H3. The monoisotopic (exact) mass is 221 g/mol. The fourth-order valence-corrected chi connectivity index (χ4v) is 2.08. The first-order valence-electron chi connectivity index (χ1n) is 5.41. The molecule has 0 spiro atoms. The quantitative estimate of drug-likeness (QED) is 0.753. The molecule has 2 heterocycles. The highest BCUT2D eigenvalue weighted by Gasteiger charge is 2.31. The lowest BCUT2D eigenvalue weighted by atomic mass is 10.0. The summed E-state index contributed by atoms with van der Waals surface area (Å²) in [5.74, 6) is 1.04. The van der Waals surface area contributed by atoms with Crippen molar-refractivity contribution in [3.63, 3.8) is 0 Å². The smallest absolute Gasteiger partial charge is 0.225 e. The first-order valence-corrected chi connectivity index (χ1v) is 5.41. The summed E-state index contributed by atoms with van der Waals surface area (Å²) in [5.41, 5.74) is 0.469. The third-order valence-electron chi connectivity index (χ3n) is 3.12. The van der Waals surface area contributed by atoms with Gasteiger partial charge in [0.25, 0.3) is 0 Å². The van der Waals surface area contributed by atoms with Gasteiger partial charge in [-0.3, -0.25) is 4.79 Å². The van der Waals surface area contributed by atoms with Gasteiger partial charge in [0.1, 0.15) is 0 Å². The summed E-state index contributed by atoms with van der Waals surface area (Å²) in [4.78, 5) is 20.8. The molecule has 1 N–H and O–H groups in total. The second-order valence-corrected chi connectivity index (χ2v) is 4.14. The first kappa shape index (κ1) is 11.0. The maximum Gasteiger partial charge on any atom is 0.225 e. The molecule has 1 saturated heterocycles. The number of rotatable bonds is 3. The molecule has 2 rings (SSSR count). The number of aliphatic hydroxyl groups is 1. The van der Waals surface area contributed by atoms with E-state index in [4.69, 9.17) is 0 Å². The van der Waals surface area contributed by atoms with Crippen LogP contribution in [0.5, 0.6) is 0 Å². The highest BCUT2D eigenvalue weighted by atomic mass is 16.3. The molecular weight excluding hydrogens is 206 g/mol. The van der Waals surface area contributed by atoms with Gasteiger partial charge in [-0.15, -0.1) is 0 Å². The fourth-order valence-electron chi connectivity index (χ4n) is 2.08. The maximum atomic E-state index is 10.5. The van der Waals surface area contributed by atoms with Crippen molar-refractivity contribution in [1.82, 2.24) is 9.97 Å². The number of aliphatic hydroxyl groups excluding tert-OH is 1. The van der Waals surface area contributed by atoms with Crippen molar-refractivity contribution >= 4 is 12.2 Å². The Hall–Kier alpha value is -1.49. The van der Waals surface area contributed by atoms with Crippen LogP contribution in [0, 0.1) is 5.92 Å². The van der Waals surface area contributed by atoms with Crippen LogP contribution in [0.4, 0.5) is 5.95 Å². The lowest BCUT2D eigenvalue weighted by Crippen LogP contribution is -2.36. The maximum absolute atomic E-state index is 10.5. The van der Waals surface area contributed by atoms with E-state index in [1.807, 2.05) is 4.90 Å². The summed E-state index contributed by atoms with van der Waals surface area (Å²) in [7, 11) is 0. The Labute approximate surface area is 94.1 Å². The van der Waals surface area contributed by atoms with E-state index in [0.29, 0.717) is 17.4 Å². The molecule has 16 heavy (non-hydrogen) atoms. The summed E-state index contributed by atoms with van der Waals surface area (Å²) in [6.45, 7) is 3.08. The van der Waals surface area contributed by atoms with E-state index in [1.54, 1.807) is 0 Å². The highest BCUT2D eigenvalue weighted by Crippen LogP contribution is 2.26. The van der Waals surface area contributed by atoms with Crippen LogP contribution in [0.2, 0.25) is 0 Å². The average molecular weight is 221 g/mol. The average Bonchev–Trinajstić information content (AvgIpc) is 2.70. The molecule has 0 saturated carbocycles. The van der Waals surface area contributed by atoms with Gasteiger partial charge in [0.15, 0.2) is 6.29 Å². The van der Waals surface area contributed by atoms with Gasteiger partial charge in [0.05, 0.1) is 18.2 Å². The predicted octanol–water partition coefficient (Wildman–Crippen LogP) is 0.496. The molecule has 2 unspecified atom stereocenters. The van der Waals surface area contributed by atoms with Crippen molar-refractivity contribution in [2.24, 2.45) is 5.92 Å². The lowest BCUT2D eigenvalue weighted by molar-refractivity contribution is 0.112. The predicted molar refractivity (Wildman–Crippen MR) is 59.4 cm³/mol. The van der Waals surface area contributed by atoms with Crippen LogP contribution in [0.3, 0.4) is 0 Å². The van der Waals surface area contributed by atoms with Crippen LogP contribution in [-0.2, 0) is 0 Å². The van der Waals surface area contributed by atoms with Crippen molar-refractivity contribution in [3.8, 4) is 0 Å². The molecule has 5 heteroatoms. The van der Waals surface area contributed by atoms with Crippen LogP contribution >= 0.6 is 0 Å². The molecule has 1 aromatic heterocycles. The summed E-state index contributed by atoms with van der Waals surface area (Å²) >= 11 is 0. The summed E-state index contributed by atoms with van der Waals surface area (Å²) in [5, 5.41) is 9.32. The van der Waals surface area contributed by atoms with Gasteiger partial charge < -0.3 is 10.0 Å². The third-order valence-corrected chi connectivity index (χ3v) is 3.12. The van der Waals surface area contributed by atoms with Gasteiger partial charge in [-0.2, -0.15) is 0 Å². The minimum atomic E-state index is 0.0853. The zero-order valence-corrected chi connectivity index (χ0v) is 9.21. The van der Waals surface area contributed by atoms with Gasteiger partial charge in [-0.1, -0.05) is 6.92 Å². The molecule has 1 aromatic rings. The molecule has 5 nitrogen and oxygen atoms in total. The molecule has 0 bridgehead atoms. The zero-order valence-electron chi connectivity index (χ0n) is 9.21. The van der Waals surface area contributed by atoms with Crippen molar-refractivity contribution in [2.45, 2.75) is 19.4 Å². The van der Waals surface area contributed by atoms with E-state index < -0.39 is 0 Å². The minimum absolute atomic E-state index is 0.0853. The van der Waals surface area contributed by atoms with E-state index in [-0.39, 0.29) is 12.6 Å². The number of nitrogens with zero attached hydrogens (tertiary/aromatic N) is 3. The second-order valence-electron chi connectivity index (χ2n) is 4.14. The van der Waals surface area contributed by atoms with Gasteiger partial charge in [-0.05, 0) is 12.3 Å². The number of carbonyl (C=O) groups excluding carboxylic acids is 1. The number of carbonyl (C=O) groups is 1. The number of aromatic nitrogens is 2. The van der Waals surface area contributed by atoms with Gasteiger partial charge in [-0.25, -0.2) is 9.97 Å². The second kappa shape index (κ2) is 4.57. The Bertz CT molecular complexity index is 366. The summed E-state index contributed by atoms with van der Waals surface area (Å²) < 4.78 is 0. The fraction of sp³-hybridized carbons (Fsp3) is 0.545. The lowest BCUT2D eigenvalue weighted by Gasteiger charge is -2.24. The van der Waals surface area contributed by atoms with Crippen LogP contribution in [0.15, 0.2) is 12.4 Å². The van der Waals surface area contributed by atoms with Gasteiger partial charge in [0.2, 0.25) is 5.95 Å². The van der Waals surface area contributed by atoms with Crippen LogP contribution in [0.25, 0.3) is 0 Å². The number of anilines is 1. The summed E-state index contributed by atoms with van der Waals surface area (Å²) in [6.07, 6.45) is 4.77. The number of hydrogen-bond donors (Lipinski definition) is 1. The largest absolute Gasteiger partial charge is 0.394 e. The van der Waals surface area contributed by atoms with Gasteiger partial charge >= 0.3 is 0 Å². The van der Waals surface area contributed by atoms with Crippen LogP contribution < -0.4 is 4.90 Å². The molecular formula is C11H15N3O2. The Morgan fingerprint density at radius 1 is 1.56 bits per heavy atom. The number of aldehydes is 1. The Morgan fingerprint density at radius 2 is 2.25 bits per heavy atom. The van der Waals surface area contributed by atoms with E-state index in [9.17, 15) is 9.90 Å². The van der Waals surface area contributed by atoms with Crippen LogP contribution in [-0.4, -0.2) is 40.6 Å². The normalized spacial score (nSPS) is 24.8. The van der Waals surface area contributed by atoms with Crippen molar-refractivity contribution in [2.75, 3.05) is 18.1 Å². The summed E-state index contributed by atoms with van der Waals surface area (Å²) in [6, 6.07) is 0.0853. The van der Waals surface area contributed by atoms with E-state index in [1.165, 1.54) is 12.4 Å². The first-order chi connectivity index (χ1) is 7.76.